The Kier molecular flexibility index (Phi) is 2.60. The highest BCUT2D eigenvalue weighted by molar-refractivity contribution is 5.29. The molecule has 0 radical (unpaired) electrons. The Bertz CT molecular complexity index is 420. The van der Waals surface area contributed by atoms with Crippen molar-refractivity contribution in [3.05, 3.63) is 29.8 Å². The molecule has 3 nitrogen and oxygen atoms in total. The average molecular weight is 233 g/mol. The number of hydrogen-bond donors (Lipinski definition) is 2. The number of phenolic OH excluding ortho intramolecular Hbond substituents is 1. The Morgan fingerprint density at radius 2 is 2.24 bits per heavy atom. The Hall–Kier alpha value is -1.06. The van der Waals surface area contributed by atoms with E-state index in [2.05, 4.69) is 4.90 Å². The van der Waals surface area contributed by atoms with Crippen LogP contribution in [0.3, 0.4) is 0 Å². The van der Waals surface area contributed by atoms with Crippen LogP contribution in [0.5, 0.6) is 5.75 Å². The molecule has 1 aromatic rings. The largest absolute Gasteiger partial charge is 0.508 e. The summed E-state index contributed by atoms with van der Waals surface area (Å²) in [6, 6.07) is 7.58. The highest BCUT2D eigenvalue weighted by Gasteiger charge is 2.47. The molecule has 0 aromatic heterocycles. The van der Waals surface area contributed by atoms with Gasteiger partial charge < -0.3 is 10.2 Å². The van der Waals surface area contributed by atoms with Gasteiger partial charge in [0.15, 0.2) is 0 Å². The molecule has 2 fully saturated rings. The topological polar surface area (TPSA) is 43.7 Å². The molecule has 0 saturated carbocycles. The van der Waals surface area contributed by atoms with Crippen molar-refractivity contribution in [1.82, 2.24) is 4.90 Å². The van der Waals surface area contributed by atoms with Gasteiger partial charge in [0.1, 0.15) is 5.75 Å². The van der Waals surface area contributed by atoms with Gasteiger partial charge in [0.25, 0.3) is 0 Å². The fourth-order valence-corrected chi connectivity index (χ4v) is 3.43. The maximum atomic E-state index is 10.8. The van der Waals surface area contributed by atoms with Crippen LogP contribution >= 0.6 is 0 Å². The molecule has 92 valence electrons. The molecule has 0 spiro atoms. The van der Waals surface area contributed by atoms with Crippen LogP contribution in [0.25, 0.3) is 0 Å². The van der Waals surface area contributed by atoms with E-state index in [1.54, 1.807) is 12.1 Å². The number of hydrogen-bond acceptors (Lipinski definition) is 3. The predicted molar refractivity (Wildman–Crippen MR) is 66.0 cm³/mol. The van der Waals surface area contributed by atoms with Gasteiger partial charge in [-0.25, -0.2) is 0 Å². The summed E-state index contributed by atoms with van der Waals surface area (Å²) in [5.74, 6) is 0.285. The molecule has 2 atom stereocenters. The molecule has 2 aliphatic rings. The van der Waals surface area contributed by atoms with Gasteiger partial charge in [0, 0.05) is 19.0 Å². The third-order valence-electron chi connectivity index (χ3n) is 4.24. The van der Waals surface area contributed by atoms with Gasteiger partial charge in [-0.1, -0.05) is 12.1 Å². The highest BCUT2D eigenvalue weighted by Crippen LogP contribution is 2.38. The zero-order valence-corrected chi connectivity index (χ0v) is 9.97. The Morgan fingerprint density at radius 3 is 3.06 bits per heavy atom. The van der Waals surface area contributed by atoms with Crippen LogP contribution in [0.1, 0.15) is 24.8 Å². The monoisotopic (exact) mass is 233 g/mol. The lowest BCUT2D eigenvalue weighted by molar-refractivity contribution is 0.0141. The van der Waals surface area contributed by atoms with E-state index in [4.69, 9.17) is 0 Å². The Morgan fingerprint density at radius 1 is 1.35 bits per heavy atom. The van der Waals surface area contributed by atoms with Gasteiger partial charge in [0.2, 0.25) is 0 Å². The molecule has 2 aliphatic heterocycles. The summed E-state index contributed by atoms with van der Waals surface area (Å²) in [6.45, 7) is 2.15. The van der Waals surface area contributed by atoms with Crippen molar-refractivity contribution in [3.8, 4) is 5.75 Å². The average Bonchev–Trinajstić information content (AvgIpc) is 2.84. The molecule has 17 heavy (non-hydrogen) atoms. The SMILES string of the molecule is Oc1cccc(CC2(O)CCN3CCCC32)c1. The molecule has 2 N–H and O–H groups in total. The van der Waals surface area contributed by atoms with E-state index < -0.39 is 5.60 Å². The highest BCUT2D eigenvalue weighted by atomic mass is 16.3. The van der Waals surface area contributed by atoms with E-state index in [-0.39, 0.29) is 5.75 Å². The molecule has 0 amide bonds. The fourth-order valence-electron chi connectivity index (χ4n) is 3.43. The van der Waals surface area contributed by atoms with Gasteiger partial charge >= 0.3 is 0 Å². The van der Waals surface area contributed by atoms with Crippen LogP contribution < -0.4 is 0 Å². The molecule has 3 heteroatoms. The van der Waals surface area contributed by atoms with Crippen LogP contribution in [0.2, 0.25) is 0 Å². The summed E-state index contributed by atoms with van der Waals surface area (Å²) < 4.78 is 0. The molecule has 0 aliphatic carbocycles. The Balaban J connectivity index is 1.80. The summed E-state index contributed by atoms with van der Waals surface area (Å²) in [5.41, 5.74) is 0.436. The van der Waals surface area contributed by atoms with E-state index in [1.165, 1.54) is 6.42 Å². The quantitative estimate of drug-likeness (QED) is 0.814. The van der Waals surface area contributed by atoms with Gasteiger partial charge in [-0.05, 0) is 43.5 Å². The second-order valence-electron chi connectivity index (χ2n) is 5.39. The van der Waals surface area contributed by atoms with Crippen molar-refractivity contribution in [1.29, 1.82) is 0 Å². The molecule has 2 saturated heterocycles. The van der Waals surface area contributed by atoms with Crippen molar-refractivity contribution in [2.75, 3.05) is 13.1 Å². The third kappa shape index (κ3) is 1.94. The first-order valence-electron chi connectivity index (χ1n) is 6.42. The van der Waals surface area contributed by atoms with E-state index in [0.29, 0.717) is 12.5 Å². The zero-order chi connectivity index (χ0) is 11.9. The first-order valence-corrected chi connectivity index (χ1v) is 6.42. The molecule has 3 rings (SSSR count). The first kappa shape index (κ1) is 11.1. The van der Waals surface area contributed by atoms with Gasteiger partial charge in [-0.3, -0.25) is 4.90 Å². The number of fused-ring (bicyclic) bond motifs is 1. The number of benzene rings is 1. The number of phenols is 1. The van der Waals surface area contributed by atoms with E-state index in [0.717, 1.165) is 31.5 Å². The maximum absolute atomic E-state index is 10.8. The van der Waals surface area contributed by atoms with Crippen LogP contribution in [0.15, 0.2) is 24.3 Å². The second kappa shape index (κ2) is 4.00. The summed E-state index contributed by atoms with van der Waals surface area (Å²) in [4.78, 5) is 2.41. The van der Waals surface area contributed by atoms with Crippen molar-refractivity contribution in [2.24, 2.45) is 0 Å². The Labute approximate surface area is 102 Å². The summed E-state index contributed by atoms with van der Waals surface area (Å²) in [7, 11) is 0. The molecular formula is C14H19NO2. The number of aromatic hydroxyl groups is 1. The molecular weight excluding hydrogens is 214 g/mol. The third-order valence-corrected chi connectivity index (χ3v) is 4.24. The van der Waals surface area contributed by atoms with Crippen molar-refractivity contribution >= 4 is 0 Å². The lowest BCUT2D eigenvalue weighted by Crippen LogP contribution is -2.42. The summed E-state index contributed by atoms with van der Waals surface area (Å²) >= 11 is 0. The summed E-state index contributed by atoms with van der Waals surface area (Å²) in [5, 5.41) is 20.2. The van der Waals surface area contributed by atoms with E-state index in [1.807, 2.05) is 12.1 Å². The first-order chi connectivity index (χ1) is 8.17. The number of aliphatic hydroxyl groups is 1. The molecule has 2 unspecified atom stereocenters. The van der Waals surface area contributed by atoms with Gasteiger partial charge in [0.05, 0.1) is 5.60 Å². The molecule has 0 bridgehead atoms. The predicted octanol–water partition coefficient (Wildman–Crippen LogP) is 1.53. The standard InChI is InChI=1S/C14H19NO2/c16-12-4-1-3-11(9-12)10-14(17)6-8-15-7-2-5-13(14)15/h1,3-4,9,13,16-17H,2,5-8,10H2. The smallest absolute Gasteiger partial charge is 0.115 e. The van der Waals surface area contributed by atoms with E-state index in [9.17, 15) is 10.2 Å². The van der Waals surface area contributed by atoms with E-state index >= 15 is 0 Å². The van der Waals surface area contributed by atoms with Crippen LogP contribution in [-0.4, -0.2) is 39.8 Å². The van der Waals surface area contributed by atoms with Crippen LogP contribution in [0.4, 0.5) is 0 Å². The van der Waals surface area contributed by atoms with Gasteiger partial charge in [-0.2, -0.15) is 0 Å². The minimum atomic E-state index is -0.593. The number of rotatable bonds is 2. The second-order valence-corrected chi connectivity index (χ2v) is 5.39. The minimum Gasteiger partial charge on any atom is -0.508 e. The number of nitrogens with zero attached hydrogens (tertiary/aromatic N) is 1. The van der Waals surface area contributed by atoms with Crippen LogP contribution in [0, 0.1) is 0 Å². The normalized spacial score (nSPS) is 32.9. The fraction of sp³-hybridized carbons (Fsp3) is 0.571. The lowest BCUT2D eigenvalue weighted by Gasteiger charge is -2.30. The zero-order valence-electron chi connectivity index (χ0n) is 9.97. The summed E-state index contributed by atoms with van der Waals surface area (Å²) in [6.07, 6.45) is 3.82. The maximum Gasteiger partial charge on any atom is 0.115 e. The molecule has 1 aromatic carbocycles. The minimum absolute atomic E-state index is 0.285. The van der Waals surface area contributed by atoms with Crippen molar-refractivity contribution in [3.63, 3.8) is 0 Å². The van der Waals surface area contributed by atoms with Crippen LogP contribution in [-0.2, 0) is 6.42 Å². The lowest BCUT2D eigenvalue weighted by atomic mass is 9.86. The van der Waals surface area contributed by atoms with Crippen molar-refractivity contribution in [2.45, 2.75) is 37.3 Å². The van der Waals surface area contributed by atoms with Gasteiger partial charge in [-0.15, -0.1) is 0 Å². The molecule has 2 heterocycles. The van der Waals surface area contributed by atoms with Crippen molar-refractivity contribution < 1.29 is 10.2 Å².